The van der Waals surface area contributed by atoms with Gasteiger partial charge in [-0.05, 0) is 80.6 Å². The highest BCUT2D eigenvalue weighted by molar-refractivity contribution is 5.85. The first kappa shape index (κ1) is 29.5. The fourth-order valence-electron chi connectivity index (χ4n) is 10.4. The van der Waals surface area contributed by atoms with Crippen LogP contribution in [-0.4, -0.2) is 78.3 Å². The fourth-order valence-corrected chi connectivity index (χ4v) is 10.4. The maximum absolute atomic E-state index is 12.7. The number of ether oxygens (including phenoxy) is 5. The van der Waals surface area contributed by atoms with Crippen molar-refractivity contribution in [3.63, 3.8) is 0 Å². The van der Waals surface area contributed by atoms with Gasteiger partial charge in [0, 0.05) is 44.3 Å². The zero-order valence-corrected chi connectivity index (χ0v) is 25.2. The molecule has 0 aromatic carbocycles. The summed E-state index contributed by atoms with van der Waals surface area (Å²) in [5.41, 5.74) is -0.559. The van der Waals surface area contributed by atoms with E-state index in [1.54, 1.807) is 13.2 Å². The summed E-state index contributed by atoms with van der Waals surface area (Å²) >= 11 is 0. The van der Waals surface area contributed by atoms with Crippen LogP contribution in [0, 0.1) is 34.5 Å². The van der Waals surface area contributed by atoms with Crippen molar-refractivity contribution in [3.8, 4) is 0 Å². The van der Waals surface area contributed by atoms with Gasteiger partial charge in [-0.3, -0.25) is 4.79 Å². The van der Waals surface area contributed by atoms with E-state index >= 15 is 0 Å². The molecule has 0 amide bonds. The summed E-state index contributed by atoms with van der Waals surface area (Å²) in [5, 5.41) is 23.0. The van der Waals surface area contributed by atoms with Crippen molar-refractivity contribution >= 4 is 11.9 Å². The van der Waals surface area contributed by atoms with Crippen LogP contribution in [0.15, 0.2) is 11.6 Å². The number of cyclic esters (lactones) is 1. The summed E-state index contributed by atoms with van der Waals surface area (Å²) in [4.78, 5) is 24.2. The number of hydrogen-bond donors (Lipinski definition) is 2. The standard InChI is InChI=1S/C32H48O9/c1-17-29(35)24(37-5)14-27(39-17)41-21-8-10-30(3)20(13-21)6-7-23-22(30)9-11-31(4)28(19-12-26(34)38-16-19)25(40-18(2)33)15-32(23,31)36/h12,17,20-25,27-29,35-36H,6-11,13-16H2,1-5H3/t17-,20-,21+,22+,23-,24+,25?,27+,28+,29+,30+,31-,32+/m1/s1. The molecule has 4 saturated carbocycles. The maximum Gasteiger partial charge on any atom is 0.331 e. The largest absolute Gasteiger partial charge is 0.462 e. The summed E-state index contributed by atoms with van der Waals surface area (Å²) in [5.74, 6) is 0.0175. The quantitative estimate of drug-likeness (QED) is 0.373. The summed E-state index contributed by atoms with van der Waals surface area (Å²) < 4.78 is 29.1. The van der Waals surface area contributed by atoms with Crippen LogP contribution in [0.25, 0.3) is 0 Å². The second-order valence-electron chi connectivity index (χ2n) is 14.3. The van der Waals surface area contributed by atoms with Crippen LogP contribution in [0.1, 0.15) is 85.5 Å². The first-order valence-electron chi connectivity index (χ1n) is 15.7. The number of methoxy groups -OCH3 is 1. The number of rotatable bonds is 5. The van der Waals surface area contributed by atoms with E-state index < -0.39 is 23.2 Å². The highest BCUT2D eigenvalue weighted by Gasteiger charge is 2.71. The Morgan fingerprint density at radius 1 is 1.07 bits per heavy atom. The molecule has 6 rings (SSSR count). The lowest BCUT2D eigenvalue weighted by Crippen LogP contribution is -2.62. The average molecular weight is 577 g/mol. The van der Waals surface area contributed by atoms with Crippen molar-refractivity contribution in [1.82, 2.24) is 0 Å². The van der Waals surface area contributed by atoms with E-state index in [4.69, 9.17) is 23.7 Å². The van der Waals surface area contributed by atoms with Gasteiger partial charge in [-0.25, -0.2) is 4.79 Å². The minimum Gasteiger partial charge on any atom is -0.462 e. The molecule has 9 nitrogen and oxygen atoms in total. The van der Waals surface area contributed by atoms with Gasteiger partial charge in [-0.1, -0.05) is 13.8 Å². The van der Waals surface area contributed by atoms with Crippen molar-refractivity contribution < 1.29 is 43.5 Å². The van der Waals surface area contributed by atoms with Gasteiger partial charge < -0.3 is 33.9 Å². The van der Waals surface area contributed by atoms with Gasteiger partial charge in [0.15, 0.2) is 6.29 Å². The van der Waals surface area contributed by atoms with E-state index in [2.05, 4.69) is 13.8 Å². The second kappa shape index (κ2) is 10.6. The number of carbonyl (C=O) groups is 2. The van der Waals surface area contributed by atoms with Crippen LogP contribution in [-0.2, 0) is 33.3 Å². The molecule has 0 bridgehead atoms. The predicted molar refractivity (Wildman–Crippen MR) is 147 cm³/mol. The monoisotopic (exact) mass is 576 g/mol. The lowest BCUT2D eigenvalue weighted by atomic mass is 9.43. The summed E-state index contributed by atoms with van der Waals surface area (Å²) in [6.07, 6.45) is 7.14. The topological polar surface area (TPSA) is 121 Å². The zero-order chi connectivity index (χ0) is 29.3. The van der Waals surface area contributed by atoms with Crippen LogP contribution in [0.5, 0.6) is 0 Å². The van der Waals surface area contributed by atoms with Crippen molar-refractivity contribution in [2.24, 2.45) is 34.5 Å². The third-order valence-corrected chi connectivity index (χ3v) is 12.5. The number of aliphatic hydroxyl groups excluding tert-OH is 1. The molecule has 2 N–H and O–H groups in total. The first-order valence-corrected chi connectivity index (χ1v) is 15.7. The predicted octanol–water partition coefficient (Wildman–Crippen LogP) is 3.68. The number of esters is 2. The third kappa shape index (κ3) is 4.69. The molecule has 230 valence electrons. The Hall–Kier alpha value is -1.52. The molecule has 1 unspecified atom stereocenters. The third-order valence-electron chi connectivity index (χ3n) is 12.5. The molecule has 5 fully saturated rings. The number of hydrogen-bond acceptors (Lipinski definition) is 9. The molecule has 4 aliphatic carbocycles. The van der Waals surface area contributed by atoms with E-state index in [0.29, 0.717) is 24.7 Å². The Balaban J connectivity index is 1.19. The van der Waals surface area contributed by atoms with Gasteiger partial charge in [0.25, 0.3) is 0 Å². The molecule has 2 aliphatic heterocycles. The normalized spacial score (nSPS) is 51.2. The molecule has 41 heavy (non-hydrogen) atoms. The molecule has 13 atom stereocenters. The Kier molecular flexibility index (Phi) is 7.62. The lowest BCUT2D eigenvalue weighted by molar-refractivity contribution is -0.273. The van der Waals surface area contributed by atoms with Gasteiger partial charge in [0.2, 0.25) is 0 Å². The fraction of sp³-hybridized carbons (Fsp3) is 0.875. The second-order valence-corrected chi connectivity index (χ2v) is 14.3. The molecule has 0 aromatic heterocycles. The van der Waals surface area contributed by atoms with Crippen molar-refractivity contribution in [3.05, 3.63) is 11.6 Å². The van der Waals surface area contributed by atoms with Crippen LogP contribution in [0.4, 0.5) is 0 Å². The summed E-state index contributed by atoms with van der Waals surface area (Å²) in [6.45, 7) is 8.06. The van der Waals surface area contributed by atoms with E-state index in [9.17, 15) is 19.8 Å². The van der Waals surface area contributed by atoms with Gasteiger partial charge in [0.1, 0.15) is 18.8 Å². The van der Waals surface area contributed by atoms with Crippen molar-refractivity contribution in [2.45, 2.75) is 128 Å². The van der Waals surface area contributed by atoms with Crippen molar-refractivity contribution in [2.75, 3.05) is 13.7 Å². The smallest absolute Gasteiger partial charge is 0.331 e. The number of fused-ring (bicyclic) bond motifs is 5. The van der Waals surface area contributed by atoms with Crippen LogP contribution in [0.2, 0.25) is 0 Å². The first-order chi connectivity index (χ1) is 19.4. The number of carbonyl (C=O) groups excluding carboxylic acids is 2. The molecule has 9 heteroatoms. The molecule has 0 aromatic rings. The van der Waals surface area contributed by atoms with Crippen LogP contribution < -0.4 is 0 Å². The maximum atomic E-state index is 12.7. The molecule has 2 heterocycles. The molecular weight excluding hydrogens is 528 g/mol. The van der Waals surface area contributed by atoms with E-state index in [0.717, 1.165) is 50.5 Å². The average Bonchev–Trinajstić information content (AvgIpc) is 3.42. The Morgan fingerprint density at radius 2 is 1.85 bits per heavy atom. The SMILES string of the molecule is CO[C@H]1C[C@H](O[C@H]2CC[C@@]3(C)[C@H](CC[C@@H]4[C@@H]3CC[C@]3(C)[C@@H](C5=CC(=O)OC5)C(OC(C)=O)C[C@]43O)C2)O[C@H](C)[C@@H]1O. The zero-order valence-electron chi connectivity index (χ0n) is 25.2. The van der Waals surface area contributed by atoms with E-state index in [-0.39, 0.29) is 60.4 Å². The number of aliphatic hydroxyl groups is 2. The minimum absolute atomic E-state index is 0.0898. The van der Waals surface area contributed by atoms with Gasteiger partial charge in [-0.2, -0.15) is 0 Å². The summed E-state index contributed by atoms with van der Waals surface area (Å²) in [6, 6.07) is 0. The Bertz CT molecular complexity index is 1080. The van der Waals surface area contributed by atoms with Crippen LogP contribution >= 0.6 is 0 Å². The summed E-state index contributed by atoms with van der Waals surface area (Å²) in [7, 11) is 1.62. The highest BCUT2D eigenvalue weighted by Crippen LogP contribution is 2.70. The highest BCUT2D eigenvalue weighted by atomic mass is 16.7. The minimum atomic E-state index is -0.990. The molecule has 1 saturated heterocycles. The molecule has 0 radical (unpaired) electrons. The van der Waals surface area contributed by atoms with E-state index in [1.807, 2.05) is 6.92 Å². The molecule has 0 spiro atoms. The van der Waals surface area contributed by atoms with Gasteiger partial charge in [-0.15, -0.1) is 0 Å². The molecular formula is C32H48O9. The Labute approximate surface area is 243 Å². The lowest BCUT2D eigenvalue weighted by Gasteiger charge is -2.63. The van der Waals surface area contributed by atoms with Gasteiger partial charge in [0.05, 0.1) is 23.9 Å². The van der Waals surface area contributed by atoms with Crippen molar-refractivity contribution in [1.29, 1.82) is 0 Å². The van der Waals surface area contributed by atoms with E-state index in [1.165, 1.54) is 6.92 Å². The molecule has 6 aliphatic rings. The van der Waals surface area contributed by atoms with Gasteiger partial charge >= 0.3 is 11.9 Å². The Morgan fingerprint density at radius 3 is 2.54 bits per heavy atom. The van der Waals surface area contributed by atoms with Crippen LogP contribution in [0.3, 0.4) is 0 Å².